The molecule has 0 aromatic heterocycles. The number of nitrogens with one attached hydrogen (secondary N) is 2. The van der Waals surface area contributed by atoms with Gasteiger partial charge in [0.15, 0.2) is 0 Å². The van der Waals surface area contributed by atoms with Gasteiger partial charge < -0.3 is 10.6 Å². The second-order valence-electron chi connectivity index (χ2n) is 4.73. The van der Waals surface area contributed by atoms with Crippen molar-refractivity contribution >= 4 is 17.7 Å². The third-order valence-electron chi connectivity index (χ3n) is 3.02. The molecule has 1 heterocycles. The highest BCUT2D eigenvalue weighted by molar-refractivity contribution is 7.99. The summed E-state index contributed by atoms with van der Waals surface area (Å²) in [5, 5.41) is 6.15. The van der Waals surface area contributed by atoms with Gasteiger partial charge in [0.25, 0.3) is 0 Å². The fourth-order valence-corrected chi connectivity index (χ4v) is 3.20. The molecule has 0 saturated carbocycles. The summed E-state index contributed by atoms with van der Waals surface area (Å²) < 4.78 is 0. The van der Waals surface area contributed by atoms with E-state index in [1.807, 2.05) is 18.8 Å². The Balaban J connectivity index is 2.10. The summed E-state index contributed by atoms with van der Waals surface area (Å²) in [5.41, 5.74) is 0. The van der Waals surface area contributed by atoms with Crippen molar-refractivity contribution in [3.05, 3.63) is 0 Å². The first kappa shape index (κ1) is 13.8. The van der Waals surface area contributed by atoms with Gasteiger partial charge >= 0.3 is 0 Å². The van der Waals surface area contributed by atoms with Crippen LogP contribution in [-0.2, 0) is 4.79 Å². The van der Waals surface area contributed by atoms with Crippen molar-refractivity contribution in [2.75, 3.05) is 31.6 Å². The molecule has 0 bridgehead atoms. The lowest BCUT2D eigenvalue weighted by Gasteiger charge is -2.21. The SMILES string of the molecule is CNCC(C)CNC(=O)CC1CCSCC1. The molecule has 0 radical (unpaired) electrons. The van der Waals surface area contributed by atoms with Crippen molar-refractivity contribution < 1.29 is 4.79 Å². The summed E-state index contributed by atoms with van der Waals surface area (Å²) in [7, 11) is 1.94. The van der Waals surface area contributed by atoms with Crippen LogP contribution in [0.5, 0.6) is 0 Å². The van der Waals surface area contributed by atoms with Gasteiger partial charge in [-0.05, 0) is 49.8 Å². The van der Waals surface area contributed by atoms with E-state index in [1.54, 1.807) is 0 Å². The molecule has 3 nitrogen and oxygen atoms in total. The fourth-order valence-electron chi connectivity index (χ4n) is 1.99. The number of hydrogen-bond donors (Lipinski definition) is 2. The summed E-state index contributed by atoms with van der Waals surface area (Å²) in [4.78, 5) is 11.7. The maximum atomic E-state index is 11.7. The van der Waals surface area contributed by atoms with Crippen molar-refractivity contribution in [2.24, 2.45) is 11.8 Å². The van der Waals surface area contributed by atoms with Crippen molar-refractivity contribution in [3.63, 3.8) is 0 Å². The molecule has 1 aliphatic heterocycles. The van der Waals surface area contributed by atoms with Crippen molar-refractivity contribution in [3.8, 4) is 0 Å². The molecule has 1 fully saturated rings. The van der Waals surface area contributed by atoms with Crippen LogP contribution in [0.3, 0.4) is 0 Å². The van der Waals surface area contributed by atoms with E-state index < -0.39 is 0 Å². The molecule has 2 N–H and O–H groups in total. The van der Waals surface area contributed by atoms with E-state index in [0.29, 0.717) is 11.8 Å². The molecule has 1 rings (SSSR count). The third kappa shape index (κ3) is 5.75. The molecule has 0 aromatic rings. The maximum absolute atomic E-state index is 11.7. The molecule has 1 atom stereocenters. The van der Waals surface area contributed by atoms with Gasteiger partial charge in [-0.25, -0.2) is 0 Å². The minimum Gasteiger partial charge on any atom is -0.356 e. The van der Waals surface area contributed by atoms with E-state index in [0.717, 1.165) is 19.5 Å². The number of carbonyl (C=O) groups is 1. The largest absolute Gasteiger partial charge is 0.356 e. The standard InChI is InChI=1S/C12H24N2OS/c1-10(8-13-2)9-14-12(15)7-11-3-5-16-6-4-11/h10-11,13H,3-9H2,1-2H3,(H,14,15). The van der Waals surface area contributed by atoms with Gasteiger partial charge in [0.05, 0.1) is 0 Å². The summed E-state index contributed by atoms with van der Waals surface area (Å²) in [6.07, 6.45) is 3.15. The van der Waals surface area contributed by atoms with E-state index in [4.69, 9.17) is 0 Å². The van der Waals surface area contributed by atoms with Gasteiger partial charge in [0.2, 0.25) is 5.91 Å². The number of thioether (sulfide) groups is 1. The Kier molecular flexibility index (Phi) is 6.88. The molecule has 0 spiro atoms. The molecule has 0 aliphatic carbocycles. The topological polar surface area (TPSA) is 41.1 Å². The predicted octanol–water partition coefficient (Wildman–Crippen LogP) is 1.49. The van der Waals surface area contributed by atoms with Crippen LogP contribution in [-0.4, -0.2) is 37.6 Å². The summed E-state index contributed by atoms with van der Waals surface area (Å²) in [6.45, 7) is 3.90. The first-order chi connectivity index (χ1) is 7.72. The molecule has 1 unspecified atom stereocenters. The lowest BCUT2D eigenvalue weighted by atomic mass is 9.98. The van der Waals surface area contributed by atoms with Crippen LogP contribution < -0.4 is 10.6 Å². The number of hydrogen-bond acceptors (Lipinski definition) is 3. The van der Waals surface area contributed by atoms with E-state index in [9.17, 15) is 4.79 Å². The van der Waals surface area contributed by atoms with Gasteiger partial charge in [-0.15, -0.1) is 0 Å². The van der Waals surface area contributed by atoms with Crippen LogP contribution in [0.15, 0.2) is 0 Å². The second-order valence-corrected chi connectivity index (χ2v) is 5.95. The predicted molar refractivity (Wildman–Crippen MR) is 70.8 cm³/mol. The van der Waals surface area contributed by atoms with E-state index in [-0.39, 0.29) is 5.91 Å². The van der Waals surface area contributed by atoms with Crippen LogP contribution in [0, 0.1) is 11.8 Å². The molecule has 94 valence electrons. The highest BCUT2D eigenvalue weighted by Gasteiger charge is 2.17. The molecular weight excluding hydrogens is 220 g/mol. The molecule has 4 heteroatoms. The zero-order valence-electron chi connectivity index (χ0n) is 10.4. The minimum atomic E-state index is 0.236. The van der Waals surface area contributed by atoms with E-state index >= 15 is 0 Å². The Labute approximate surface area is 103 Å². The number of rotatable bonds is 6. The number of carbonyl (C=O) groups excluding carboxylic acids is 1. The van der Waals surface area contributed by atoms with Crippen LogP contribution in [0.1, 0.15) is 26.2 Å². The van der Waals surface area contributed by atoms with Crippen LogP contribution >= 0.6 is 11.8 Å². The molecule has 1 amide bonds. The molecule has 16 heavy (non-hydrogen) atoms. The van der Waals surface area contributed by atoms with Gasteiger partial charge in [0, 0.05) is 13.0 Å². The van der Waals surface area contributed by atoms with Gasteiger partial charge in [-0.3, -0.25) is 4.79 Å². The van der Waals surface area contributed by atoms with Crippen LogP contribution in [0.4, 0.5) is 0 Å². The van der Waals surface area contributed by atoms with Crippen molar-refractivity contribution in [1.29, 1.82) is 0 Å². The normalized spacial score (nSPS) is 19.4. The molecule has 1 aliphatic rings. The van der Waals surface area contributed by atoms with Crippen LogP contribution in [0.25, 0.3) is 0 Å². The average Bonchev–Trinajstić information content (AvgIpc) is 2.28. The van der Waals surface area contributed by atoms with Crippen molar-refractivity contribution in [2.45, 2.75) is 26.2 Å². The zero-order valence-corrected chi connectivity index (χ0v) is 11.2. The summed E-state index contributed by atoms with van der Waals surface area (Å²) >= 11 is 2.01. The summed E-state index contributed by atoms with van der Waals surface area (Å²) in [6, 6.07) is 0. The smallest absolute Gasteiger partial charge is 0.220 e. The maximum Gasteiger partial charge on any atom is 0.220 e. The highest BCUT2D eigenvalue weighted by Crippen LogP contribution is 2.24. The van der Waals surface area contributed by atoms with Crippen LogP contribution in [0.2, 0.25) is 0 Å². The second kappa shape index (κ2) is 7.96. The quantitative estimate of drug-likeness (QED) is 0.744. The average molecular weight is 244 g/mol. The van der Waals surface area contributed by atoms with Gasteiger partial charge in [0.1, 0.15) is 0 Å². The Bertz CT molecular complexity index is 205. The monoisotopic (exact) mass is 244 g/mol. The van der Waals surface area contributed by atoms with Crippen molar-refractivity contribution in [1.82, 2.24) is 10.6 Å². The molecule has 0 aromatic carbocycles. The Morgan fingerprint density at radius 1 is 1.38 bits per heavy atom. The van der Waals surface area contributed by atoms with E-state index in [2.05, 4.69) is 17.6 Å². The zero-order chi connectivity index (χ0) is 11.8. The first-order valence-corrected chi connectivity index (χ1v) is 7.37. The first-order valence-electron chi connectivity index (χ1n) is 6.21. The Hall–Kier alpha value is -0.220. The minimum absolute atomic E-state index is 0.236. The van der Waals surface area contributed by atoms with Gasteiger partial charge in [-0.2, -0.15) is 11.8 Å². The van der Waals surface area contributed by atoms with E-state index in [1.165, 1.54) is 24.3 Å². The Morgan fingerprint density at radius 2 is 2.06 bits per heavy atom. The third-order valence-corrected chi connectivity index (χ3v) is 4.06. The lowest BCUT2D eigenvalue weighted by Crippen LogP contribution is -2.33. The van der Waals surface area contributed by atoms with Gasteiger partial charge in [-0.1, -0.05) is 6.92 Å². The lowest BCUT2D eigenvalue weighted by molar-refractivity contribution is -0.122. The molecular formula is C12H24N2OS. The fraction of sp³-hybridized carbons (Fsp3) is 0.917. The number of amides is 1. The Morgan fingerprint density at radius 3 is 2.69 bits per heavy atom. The molecule has 1 saturated heterocycles. The highest BCUT2D eigenvalue weighted by atomic mass is 32.2. The summed E-state index contributed by atoms with van der Waals surface area (Å²) in [5.74, 6) is 3.83.